The third-order valence-electron chi connectivity index (χ3n) is 4.36. The van der Waals surface area contributed by atoms with Crippen LogP contribution < -0.4 is 0 Å². The minimum absolute atomic E-state index is 0.0536. The Morgan fingerprint density at radius 3 is 2.36 bits per heavy atom. The van der Waals surface area contributed by atoms with Crippen LogP contribution in [0.1, 0.15) is 58.9 Å². The molecule has 3 nitrogen and oxygen atoms in total. The van der Waals surface area contributed by atoms with E-state index in [4.69, 9.17) is 4.74 Å². The summed E-state index contributed by atoms with van der Waals surface area (Å²) in [6.07, 6.45) is 3.11. The zero-order valence-corrected chi connectivity index (χ0v) is 14.4. The van der Waals surface area contributed by atoms with E-state index in [1.165, 1.54) is 0 Å². The highest BCUT2D eigenvalue weighted by Gasteiger charge is 2.31. The fourth-order valence-corrected chi connectivity index (χ4v) is 2.82. The molecule has 1 N–H and O–H groups in total. The van der Waals surface area contributed by atoms with Crippen molar-refractivity contribution in [3.8, 4) is 0 Å². The summed E-state index contributed by atoms with van der Waals surface area (Å²) in [5.74, 6) is -0.148. The molecule has 0 radical (unpaired) electrons. The minimum atomic E-state index is -0.148. The van der Waals surface area contributed by atoms with Crippen molar-refractivity contribution in [1.29, 1.82) is 0 Å². The smallest absolute Gasteiger partial charge is 0.306 e. The van der Waals surface area contributed by atoms with Crippen molar-refractivity contribution in [2.75, 3.05) is 6.61 Å². The molecule has 1 atom stereocenters. The predicted octanol–water partition coefficient (Wildman–Crippen LogP) is 4.33. The van der Waals surface area contributed by atoms with Crippen molar-refractivity contribution in [2.24, 2.45) is 10.8 Å². The zero-order chi connectivity index (χ0) is 16.6. The summed E-state index contributed by atoms with van der Waals surface area (Å²) in [4.78, 5) is 11.9. The van der Waals surface area contributed by atoms with Gasteiger partial charge < -0.3 is 9.84 Å². The first kappa shape index (κ1) is 18.7. The first-order valence-electron chi connectivity index (χ1n) is 8.11. The Labute approximate surface area is 134 Å². The van der Waals surface area contributed by atoms with E-state index in [0.717, 1.165) is 24.8 Å². The average Bonchev–Trinajstić information content (AvgIpc) is 2.51. The summed E-state index contributed by atoms with van der Waals surface area (Å²) < 4.78 is 5.34. The predicted molar refractivity (Wildman–Crippen MR) is 89.4 cm³/mol. The van der Waals surface area contributed by atoms with Gasteiger partial charge in [0.25, 0.3) is 0 Å². The van der Waals surface area contributed by atoms with Crippen LogP contribution in [0.15, 0.2) is 30.3 Å². The van der Waals surface area contributed by atoms with Crippen molar-refractivity contribution in [3.05, 3.63) is 35.9 Å². The van der Waals surface area contributed by atoms with Crippen LogP contribution in [0.5, 0.6) is 0 Å². The number of ether oxygens (including phenoxy) is 1. The van der Waals surface area contributed by atoms with E-state index in [9.17, 15) is 9.90 Å². The Morgan fingerprint density at radius 1 is 1.18 bits per heavy atom. The van der Waals surface area contributed by atoms with E-state index < -0.39 is 0 Å². The summed E-state index contributed by atoms with van der Waals surface area (Å²) in [6.45, 7) is 8.96. The van der Waals surface area contributed by atoms with Crippen LogP contribution in [0.25, 0.3) is 0 Å². The number of esters is 1. The number of rotatable bonds is 9. The van der Waals surface area contributed by atoms with Gasteiger partial charge in [0.2, 0.25) is 0 Å². The quantitative estimate of drug-likeness (QED) is 0.691. The van der Waals surface area contributed by atoms with Crippen molar-refractivity contribution in [2.45, 2.75) is 60.0 Å². The Bertz CT molecular complexity index is 453. The van der Waals surface area contributed by atoms with Gasteiger partial charge in [-0.1, -0.05) is 64.4 Å². The zero-order valence-electron chi connectivity index (χ0n) is 14.4. The van der Waals surface area contributed by atoms with Gasteiger partial charge in [-0.05, 0) is 29.2 Å². The molecule has 124 valence electrons. The molecule has 1 rings (SSSR count). The number of benzene rings is 1. The molecule has 1 unspecified atom stereocenters. The largest absolute Gasteiger partial charge is 0.461 e. The lowest BCUT2D eigenvalue weighted by atomic mass is 9.70. The Kier molecular flexibility index (Phi) is 7.08. The fraction of sp³-hybridized carbons (Fsp3) is 0.632. The summed E-state index contributed by atoms with van der Waals surface area (Å²) in [7, 11) is 0. The number of hydrogen-bond donors (Lipinski definition) is 1. The molecular weight excluding hydrogens is 276 g/mol. The second kappa shape index (κ2) is 8.33. The molecule has 22 heavy (non-hydrogen) atoms. The maximum Gasteiger partial charge on any atom is 0.306 e. The molecule has 0 aliphatic rings. The van der Waals surface area contributed by atoms with Gasteiger partial charge in [-0.2, -0.15) is 0 Å². The molecule has 0 aliphatic heterocycles. The molecule has 0 bridgehead atoms. The lowest BCUT2D eigenvalue weighted by molar-refractivity contribution is -0.145. The highest BCUT2D eigenvalue weighted by molar-refractivity contribution is 5.69. The summed E-state index contributed by atoms with van der Waals surface area (Å²) >= 11 is 0. The molecular formula is C19H30O3. The number of carbonyl (C=O) groups is 1. The highest BCUT2D eigenvalue weighted by Crippen LogP contribution is 2.39. The van der Waals surface area contributed by atoms with Crippen LogP contribution in [0.2, 0.25) is 0 Å². The second-order valence-corrected chi connectivity index (χ2v) is 7.31. The lowest BCUT2D eigenvalue weighted by Crippen LogP contribution is -2.28. The van der Waals surface area contributed by atoms with E-state index in [2.05, 4.69) is 27.7 Å². The Balaban J connectivity index is 2.43. The van der Waals surface area contributed by atoms with Crippen molar-refractivity contribution < 1.29 is 14.6 Å². The summed E-state index contributed by atoms with van der Waals surface area (Å²) in [5, 5.41) is 9.45. The van der Waals surface area contributed by atoms with Gasteiger partial charge in [0.15, 0.2) is 0 Å². The summed E-state index contributed by atoms with van der Waals surface area (Å²) in [5.41, 5.74) is 0.951. The van der Waals surface area contributed by atoms with Crippen molar-refractivity contribution in [3.63, 3.8) is 0 Å². The van der Waals surface area contributed by atoms with Gasteiger partial charge in [0.1, 0.15) is 6.61 Å². The standard InChI is InChI=1S/C19H30O3/c1-5-19(4,14-18(2,3)15-20)12-11-17(21)22-13-16-9-7-6-8-10-16/h6-10,20H,5,11-15H2,1-4H3. The van der Waals surface area contributed by atoms with Gasteiger partial charge in [-0.15, -0.1) is 0 Å². The van der Waals surface area contributed by atoms with Crippen molar-refractivity contribution >= 4 is 5.97 Å². The molecule has 0 aliphatic carbocycles. The number of hydrogen-bond acceptors (Lipinski definition) is 3. The number of aliphatic hydroxyl groups is 1. The monoisotopic (exact) mass is 306 g/mol. The van der Waals surface area contributed by atoms with Crippen LogP contribution in [-0.4, -0.2) is 17.7 Å². The molecule has 0 saturated heterocycles. The molecule has 0 amide bonds. The Morgan fingerprint density at radius 2 is 1.82 bits per heavy atom. The molecule has 0 spiro atoms. The normalized spacial score (nSPS) is 14.4. The van der Waals surface area contributed by atoms with Crippen LogP contribution in [0, 0.1) is 10.8 Å². The molecule has 3 heteroatoms. The van der Waals surface area contributed by atoms with E-state index in [-0.39, 0.29) is 23.4 Å². The van der Waals surface area contributed by atoms with Crippen LogP contribution in [-0.2, 0) is 16.1 Å². The van der Waals surface area contributed by atoms with Gasteiger partial charge in [0, 0.05) is 13.0 Å². The van der Waals surface area contributed by atoms with Gasteiger partial charge in [-0.25, -0.2) is 0 Å². The molecule has 0 aromatic heterocycles. The van der Waals surface area contributed by atoms with E-state index >= 15 is 0 Å². The first-order valence-corrected chi connectivity index (χ1v) is 8.11. The maximum atomic E-state index is 11.9. The van der Waals surface area contributed by atoms with Gasteiger partial charge in [-0.3, -0.25) is 4.79 Å². The highest BCUT2D eigenvalue weighted by atomic mass is 16.5. The lowest BCUT2D eigenvalue weighted by Gasteiger charge is -2.36. The number of aliphatic hydroxyl groups excluding tert-OH is 1. The molecule has 0 saturated carbocycles. The molecule has 0 fully saturated rings. The van der Waals surface area contributed by atoms with Crippen LogP contribution >= 0.6 is 0 Å². The molecule has 1 aromatic carbocycles. The minimum Gasteiger partial charge on any atom is -0.461 e. The third-order valence-corrected chi connectivity index (χ3v) is 4.36. The molecule has 0 heterocycles. The van der Waals surface area contributed by atoms with Crippen LogP contribution in [0.3, 0.4) is 0 Å². The first-order chi connectivity index (χ1) is 10.3. The number of carbonyl (C=O) groups excluding carboxylic acids is 1. The Hall–Kier alpha value is -1.35. The van der Waals surface area contributed by atoms with Gasteiger partial charge >= 0.3 is 5.97 Å². The van der Waals surface area contributed by atoms with E-state index in [0.29, 0.717) is 13.0 Å². The van der Waals surface area contributed by atoms with Gasteiger partial charge in [0.05, 0.1) is 0 Å². The van der Waals surface area contributed by atoms with Crippen molar-refractivity contribution in [1.82, 2.24) is 0 Å². The van der Waals surface area contributed by atoms with E-state index in [1.807, 2.05) is 30.3 Å². The molecule has 1 aromatic rings. The third kappa shape index (κ3) is 6.61. The topological polar surface area (TPSA) is 46.5 Å². The fourth-order valence-electron chi connectivity index (χ4n) is 2.82. The van der Waals surface area contributed by atoms with E-state index in [1.54, 1.807) is 0 Å². The summed E-state index contributed by atoms with van der Waals surface area (Å²) in [6, 6.07) is 9.73. The maximum absolute atomic E-state index is 11.9. The second-order valence-electron chi connectivity index (χ2n) is 7.31. The van der Waals surface area contributed by atoms with Crippen LogP contribution in [0.4, 0.5) is 0 Å². The average molecular weight is 306 g/mol. The SMILES string of the molecule is CCC(C)(CCC(=O)OCc1ccccc1)CC(C)(C)CO.